The molecule has 8 heteroatoms. The number of amides is 1. The molecule has 2 N–H and O–H groups in total. The van der Waals surface area contributed by atoms with Crippen LogP contribution in [0.15, 0.2) is 46.9 Å². The predicted molar refractivity (Wildman–Crippen MR) is 93.1 cm³/mol. The van der Waals surface area contributed by atoms with E-state index in [2.05, 4.69) is 10.2 Å². The highest BCUT2D eigenvalue weighted by Gasteiger charge is 2.15. The van der Waals surface area contributed by atoms with Crippen LogP contribution in [0.5, 0.6) is 0 Å². The van der Waals surface area contributed by atoms with Crippen molar-refractivity contribution in [3.63, 3.8) is 0 Å². The first-order valence-corrected chi connectivity index (χ1v) is 9.12. The fourth-order valence-electron chi connectivity index (χ4n) is 2.18. The number of rotatable bonds is 7. The van der Waals surface area contributed by atoms with E-state index >= 15 is 0 Å². The Balaban J connectivity index is 1.82. The van der Waals surface area contributed by atoms with Crippen LogP contribution in [-0.2, 0) is 17.1 Å². The van der Waals surface area contributed by atoms with Crippen LogP contribution in [-0.4, -0.2) is 20.7 Å². The highest BCUT2D eigenvalue weighted by atomic mass is 32.2. The Labute approximate surface area is 146 Å². The van der Waals surface area contributed by atoms with Gasteiger partial charge in [0.1, 0.15) is 5.82 Å². The number of benzene rings is 1. The second kappa shape index (κ2) is 7.59. The maximum Gasteiger partial charge on any atom is 0.219 e. The molecule has 5 nitrogen and oxygen atoms in total. The molecule has 0 spiro atoms. The molecule has 1 aromatic carbocycles. The molecule has 0 atom stereocenters. The van der Waals surface area contributed by atoms with Gasteiger partial charge >= 0.3 is 0 Å². The van der Waals surface area contributed by atoms with Crippen molar-refractivity contribution in [1.29, 1.82) is 0 Å². The Kier molecular flexibility index (Phi) is 5.27. The molecular weight excluding hydrogens is 347 g/mol. The van der Waals surface area contributed by atoms with Crippen LogP contribution in [0, 0.1) is 5.82 Å². The molecule has 3 aromatic rings. The molecule has 2 heterocycles. The van der Waals surface area contributed by atoms with Gasteiger partial charge in [0.25, 0.3) is 0 Å². The number of hydrogen-bond acceptors (Lipinski definition) is 5. The zero-order chi connectivity index (χ0) is 16.9. The molecule has 1 amide bonds. The first-order valence-electron chi connectivity index (χ1n) is 7.26. The van der Waals surface area contributed by atoms with Crippen LogP contribution >= 0.6 is 23.1 Å². The fourth-order valence-corrected chi connectivity index (χ4v) is 3.81. The standard InChI is InChI=1S/C16H15FN4OS2/c17-12-4-1-3-11(9-12)10-24-16-20-19-15(13-5-2-8-23-13)21(16)7-6-14(18)22/h1-5,8-9H,6-7,10H2,(H2,18,22). The highest BCUT2D eigenvalue weighted by molar-refractivity contribution is 7.98. The third-order valence-corrected chi connectivity index (χ3v) is 5.20. The Morgan fingerprint density at radius 2 is 2.17 bits per heavy atom. The van der Waals surface area contributed by atoms with Crippen molar-refractivity contribution in [3.05, 3.63) is 53.2 Å². The van der Waals surface area contributed by atoms with Gasteiger partial charge in [-0.2, -0.15) is 0 Å². The number of thiophene rings is 1. The van der Waals surface area contributed by atoms with Crippen molar-refractivity contribution in [2.75, 3.05) is 0 Å². The van der Waals surface area contributed by atoms with Crippen LogP contribution in [0.3, 0.4) is 0 Å². The van der Waals surface area contributed by atoms with Crippen molar-refractivity contribution in [2.45, 2.75) is 23.9 Å². The summed E-state index contributed by atoms with van der Waals surface area (Å²) in [6, 6.07) is 10.3. The lowest BCUT2D eigenvalue weighted by molar-refractivity contribution is -0.118. The summed E-state index contributed by atoms with van der Waals surface area (Å²) in [5.74, 6) is 0.647. The predicted octanol–water partition coefficient (Wildman–Crippen LogP) is 3.31. The van der Waals surface area contributed by atoms with E-state index < -0.39 is 0 Å². The minimum atomic E-state index is -0.373. The Morgan fingerprint density at radius 3 is 2.88 bits per heavy atom. The lowest BCUT2D eigenvalue weighted by atomic mass is 10.2. The Morgan fingerprint density at radius 1 is 1.29 bits per heavy atom. The van der Waals surface area contributed by atoms with Crippen LogP contribution in [0.25, 0.3) is 10.7 Å². The lowest BCUT2D eigenvalue weighted by Gasteiger charge is -2.08. The number of hydrogen-bond donors (Lipinski definition) is 1. The number of aromatic nitrogens is 3. The summed E-state index contributed by atoms with van der Waals surface area (Å²) >= 11 is 3.01. The summed E-state index contributed by atoms with van der Waals surface area (Å²) < 4.78 is 15.2. The van der Waals surface area contributed by atoms with Gasteiger partial charge in [-0.25, -0.2) is 4.39 Å². The first kappa shape index (κ1) is 16.7. The van der Waals surface area contributed by atoms with E-state index in [1.807, 2.05) is 28.1 Å². The van der Waals surface area contributed by atoms with Crippen LogP contribution in [0.1, 0.15) is 12.0 Å². The molecule has 0 aliphatic heterocycles. The van der Waals surface area contributed by atoms with Gasteiger partial charge < -0.3 is 10.3 Å². The van der Waals surface area contributed by atoms with Crippen molar-refractivity contribution in [1.82, 2.24) is 14.8 Å². The molecule has 124 valence electrons. The Bertz CT molecular complexity index is 832. The van der Waals surface area contributed by atoms with Crippen molar-refractivity contribution in [3.8, 4) is 10.7 Å². The second-order valence-corrected chi connectivity index (χ2v) is 6.96. The molecule has 0 radical (unpaired) electrons. The maximum atomic E-state index is 13.3. The van der Waals surface area contributed by atoms with Gasteiger partial charge in [-0.15, -0.1) is 21.5 Å². The van der Waals surface area contributed by atoms with Gasteiger partial charge in [0.2, 0.25) is 5.91 Å². The largest absolute Gasteiger partial charge is 0.370 e. The minimum Gasteiger partial charge on any atom is -0.370 e. The monoisotopic (exact) mass is 362 g/mol. The zero-order valence-corrected chi connectivity index (χ0v) is 14.3. The van der Waals surface area contributed by atoms with Gasteiger partial charge in [-0.3, -0.25) is 4.79 Å². The summed E-state index contributed by atoms with van der Waals surface area (Å²) in [6.45, 7) is 0.418. The summed E-state index contributed by atoms with van der Waals surface area (Å²) in [4.78, 5) is 12.1. The van der Waals surface area contributed by atoms with Crippen LogP contribution in [0.4, 0.5) is 4.39 Å². The van der Waals surface area contributed by atoms with E-state index in [-0.39, 0.29) is 18.1 Å². The molecule has 24 heavy (non-hydrogen) atoms. The van der Waals surface area contributed by atoms with Crippen LogP contribution in [0.2, 0.25) is 0 Å². The van der Waals surface area contributed by atoms with E-state index in [1.54, 1.807) is 17.4 Å². The molecule has 0 aliphatic rings. The van der Waals surface area contributed by atoms with E-state index in [1.165, 1.54) is 23.9 Å². The summed E-state index contributed by atoms with van der Waals surface area (Å²) in [6.07, 6.45) is 0.212. The summed E-state index contributed by atoms with van der Waals surface area (Å²) in [7, 11) is 0. The summed E-state index contributed by atoms with van der Waals surface area (Å²) in [5.41, 5.74) is 6.13. The summed E-state index contributed by atoms with van der Waals surface area (Å²) in [5, 5.41) is 11.1. The third kappa shape index (κ3) is 4.01. The van der Waals surface area contributed by atoms with Gasteiger partial charge in [0.05, 0.1) is 4.88 Å². The molecule has 0 aliphatic carbocycles. The molecule has 0 bridgehead atoms. The number of carbonyl (C=O) groups is 1. The smallest absolute Gasteiger partial charge is 0.219 e. The maximum absolute atomic E-state index is 13.3. The molecule has 2 aromatic heterocycles. The van der Waals surface area contributed by atoms with E-state index in [4.69, 9.17) is 5.73 Å². The SMILES string of the molecule is NC(=O)CCn1c(SCc2cccc(F)c2)nnc1-c1cccs1. The van der Waals surface area contributed by atoms with E-state index in [0.29, 0.717) is 23.3 Å². The topological polar surface area (TPSA) is 73.8 Å². The van der Waals surface area contributed by atoms with Crippen molar-refractivity contribution in [2.24, 2.45) is 5.73 Å². The first-order chi connectivity index (χ1) is 11.6. The number of nitrogens with zero attached hydrogens (tertiary/aromatic N) is 3. The van der Waals surface area contributed by atoms with Gasteiger partial charge in [0.15, 0.2) is 11.0 Å². The zero-order valence-electron chi connectivity index (χ0n) is 12.7. The average molecular weight is 362 g/mol. The quantitative estimate of drug-likeness (QED) is 0.655. The van der Waals surface area contributed by atoms with Crippen LogP contribution < -0.4 is 5.73 Å². The molecule has 3 rings (SSSR count). The Hall–Kier alpha value is -2.19. The molecular formula is C16H15FN4OS2. The molecule has 0 unspecified atom stereocenters. The fraction of sp³-hybridized carbons (Fsp3) is 0.188. The minimum absolute atomic E-state index is 0.212. The average Bonchev–Trinajstić information content (AvgIpc) is 3.20. The molecule has 0 fully saturated rings. The number of thioether (sulfide) groups is 1. The lowest BCUT2D eigenvalue weighted by Crippen LogP contribution is -2.14. The number of carbonyl (C=O) groups excluding carboxylic acids is 1. The van der Waals surface area contributed by atoms with Gasteiger partial charge in [-0.05, 0) is 29.1 Å². The third-order valence-electron chi connectivity index (χ3n) is 3.30. The van der Waals surface area contributed by atoms with Crippen molar-refractivity contribution < 1.29 is 9.18 Å². The highest BCUT2D eigenvalue weighted by Crippen LogP contribution is 2.29. The molecule has 0 saturated carbocycles. The number of halogens is 1. The van der Waals surface area contributed by atoms with E-state index in [0.717, 1.165) is 10.4 Å². The van der Waals surface area contributed by atoms with Gasteiger partial charge in [0, 0.05) is 18.7 Å². The van der Waals surface area contributed by atoms with Crippen molar-refractivity contribution >= 4 is 29.0 Å². The molecule has 0 saturated heterocycles. The second-order valence-electron chi connectivity index (χ2n) is 5.07. The number of primary amides is 1. The normalized spacial score (nSPS) is 10.9. The van der Waals surface area contributed by atoms with E-state index in [9.17, 15) is 9.18 Å². The number of nitrogens with two attached hydrogens (primary N) is 1. The van der Waals surface area contributed by atoms with Gasteiger partial charge in [-0.1, -0.05) is 30.0 Å².